The van der Waals surface area contributed by atoms with Crippen LogP contribution in [0.1, 0.15) is 11.1 Å². The molecule has 0 aliphatic rings. The number of allylic oxidation sites excluding steroid dienone is 1. The second-order valence-corrected chi connectivity index (χ2v) is 7.49. The first-order valence-electron chi connectivity index (χ1n) is 9.66. The summed E-state index contributed by atoms with van der Waals surface area (Å²) in [6.45, 7) is -0.337. The number of carbonyl (C=O) groups is 1. The molecule has 8 heteroatoms. The molecule has 3 rings (SSSR count). The molecule has 0 atom stereocenters. The van der Waals surface area contributed by atoms with Crippen molar-refractivity contribution in [2.75, 3.05) is 20.8 Å². The Morgan fingerprint density at radius 1 is 0.970 bits per heavy atom. The summed E-state index contributed by atoms with van der Waals surface area (Å²) in [6, 6.07) is 18.9. The fraction of sp³-hybridized carbons (Fsp3) is 0.120. The van der Waals surface area contributed by atoms with Gasteiger partial charge in [-0.05, 0) is 65.7 Å². The highest BCUT2D eigenvalue weighted by atomic mass is 35.5. The summed E-state index contributed by atoms with van der Waals surface area (Å²) in [5, 5.41) is 10.4. The van der Waals surface area contributed by atoms with Gasteiger partial charge in [0.05, 0.1) is 30.9 Å². The lowest BCUT2D eigenvalue weighted by Crippen LogP contribution is -2.17. The quantitative estimate of drug-likeness (QED) is 0.167. The fourth-order valence-corrected chi connectivity index (χ4v) is 3.37. The van der Waals surface area contributed by atoms with Crippen molar-refractivity contribution in [2.24, 2.45) is 0 Å². The zero-order valence-electron chi connectivity index (χ0n) is 17.8. The summed E-state index contributed by atoms with van der Waals surface area (Å²) >= 11 is 11.9. The molecule has 6 nitrogen and oxygen atoms in total. The van der Waals surface area contributed by atoms with Crippen LogP contribution in [0.25, 0.3) is 11.6 Å². The van der Waals surface area contributed by atoms with Crippen LogP contribution in [-0.2, 0) is 4.79 Å². The number of hydrogen-bond acceptors (Lipinski definition) is 6. The molecule has 0 N–H and O–H groups in total. The summed E-state index contributed by atoms with van der Waals surface area (Å²) < 4.78 is 21.3. The van der Waals surface area contributed by atoms with Crippen molar-refractivity contribution in [1.82, 2.24) is 0 Å². The van der Waals surface area contributed by atoms with Gasteiger partial charge in [-0.2, -0.15) is 5.26 Å². The molecule has 0 heterocycles. The van der Waals surface area contributed by atoms with E-state index < -0.39 is 5.97 Å². The summed E-state index contributed by atoms with van der Waals surface area (Å²) in [4.78, 5) is 12.2. The summed E-state index contributed by atoms with van der Waals surface area (Å²) in [7, 11) is 3.07. The van der Waals surface area contributed by atoms with E-state index in [0.717, 1.165) is 0 Å². The molecule has 0 fully saturated rings. The monoisotopic (exact) mass is 483 g/mol. The number of rotatable bonds is 8. The molecule has 168 valence electrons. The van der Waals surface area contributed by atoms with Gasteiger partial charge in [-0.25, -0.2) is 4.79 Å². The number of esters is 1. The number of benzene rings is 3. The smallest absolute Gasteiger partial charge is 0.349 e. The Hall–Kier alpha value is -3.66. The Bertz CT molecular complexity index is 1230. The van der Waals surface area contributed by atoms with Gasteiger partial charge in [0.1, 0.15) is 11.5 Å². The molecular weight excluding hydrogens is 465 g/mol. The van der Waals surface area contributed by atoms with Crippen molar-refractivity contribution in [1.29, 1.82) is 5.26 Å². The zero-order chi connectivity index (χ0) is 23.8. The third-order valence-corrected chi connectivity index (χ3v) is 4.99. The molecule has 0 saturated heterocycles. The average molecular weight is 484 g/mol. The predicted molar refractivity (Wildman–Crippen MR) is 127 cm³/mol. The van der Waals surface area contributed by atoms with Crippen LogP contribution in [0.4, 0.5) is 0 Å². The van der Waals surface area contributed by atoms with Gasteiger partial charge in [-0.3, -0.25) is 0 Å². The minimum atomic E-state index is -0.609. The Balaban J connectivity index is 1.72. The third-order valence-electron chi connectivity index (χ3n) is 4.46. The molecule has 0 aliphatic heterocycles. The first kappa shape index (κ1) is 24.0. The van der Waals surface area contributed by atoms with Gasteiger partial charge in [-0.1, -0.05) is 35.3 Å². The van der Waals surface area contributed by atoms with Crippen LogP contribution >= 0.6 is 23.2 Å². The number of halogens is 2. The van der Waals surface area contributed by atoms with Crippen LogP contribution in [0.3, 0.4) is 0 Å². The minimum absolute atomic E-state index is 0.293. The number of nitriles is 1. The molecule has 0 aromatic heterocycles. The van der Waals surface area contributed by atoms with Crippen molar-refractivity contribution < 1.29 is 23.7 Å². The molecule has 0 unspecified atom stereocenters. The van der Waals surface area contributed by atoms with Crippen LogP contribution in [0.5, 0.6) is 23.0 Å². The van der Waals surface area contributed by atoms with E-state index in [1.807, 2.05) is 0 Å². The van der Waals surface area contributed by atoms with Gasteiger partial charge >= 0.3 is 5.97 Å². The molecular formula is C25H19Cl2NO5. The van der Waals surface area contributed by atoms with Gasteiger partial charge in [0.15, 0.2) is 18.1 Å². The van der Waals surface area contributed by atoms with Crippen molar-refractivity contribution >= 4 is 40.8 Å². The van der Waals surface area contributed by atoms with E-state index >= 15 is 0 Å². The molecule has 0 radical (unpaired) electrons. The summed E-state index contributed by atoms with van der Waals surface area (Å²) in [5.41, 5.74) is 1.74. The maximum Gasteiger partial charge on any atom is 0.349 e. The molecule has 0 amide bonds. The molecule has 0 bridgehead atoms. The molecule has 0 saturated carbocycles. The second kappa shape index (κ2) is 11.3. The maximum absolute atomic E-state index is 12.2. The van der Waals surface area contributed by atoms with Crippen LogP contribution in [0, 0.1) is 11.3 Å². The van der Waals surface area contributed by atoms with Gasteiger partial charge < -0.3 is 18.9 Å². The number of ether oxygens (including phenoxy) is 4. The maximum atomic E-state index is 12.2. The van der Waals surface area contributed by atoms with Crippen LogP contribution in [-0.4, -0.2) is 26.8 Å². The van der Waals surface area contributed by atoms with Crippen LogP contribution < -0.4 is 18.9 Å². The highest BCUT2D eigenvalue weighted by Crippen LogP contribution is 2.31. The molecule has 0 spiro atoms. The highest BCUT2D eigenvalue weighted by molar-refractivity contribution is 6.35. The van der Waals surface area contributed by atoms with Crippen LogP contribution in [0.2, 0.25) is 10.0 Å². The normalized spacial score (nSPS) is 10.8. The number of methoxy groups -OCH3 is 2. The minimum Gasteiger partial charge on any atom is -0.493 e. The Labute approximate surface area is 201 Å². The average Bonchev–Trinajstić information content (AvgIpc) is 2.81. The second-order valence-electron chi connectivity index (χ2n) is 6.65. The van der Waals surface area contributed by atoms with E-state index in [2.05, 4.69) is 6.07 Å². The van der Waals surface area contributed by atoms with E-state index in [4.69, 9.17) is 42.1 Å². The van der Waals surface area contributed by atoms with Crippen LogP contribution in [0.15, 0.2) is 60.7 Å². The first-order chi connectivity index (χ1) is 15.9. The van der Waals surface area contributed by atoms with E-state index in [-0.39, 0.29) is 6.61 Å². The first-order valence-corrected chi connectivity index (χ1v) is 10.4. The lowest BCUT2D eigenvalue weighted by molar-refractivity contribution is -0.136. The SMILES string of the molecule is COc1ccc(/C(C#N)=C\c2cccc(OC(=O)COc3ccc(Cl)cc3Cl)c2)cc1OC. The topological polar surface area (TPSA) is 77.8 Å². The zero-order valence-corrected chi connectivity index (χ0v) is 19.3. The van der Waals surface area contributed by atoms with Gasteiger partial charge in [-0.15, -0.1) is 0 Å². The van der Waals surface area contributed by atoms with E-state index in [1.54, 1.807) is 67.8 Å². The van der Waals surface area contributed by atoms with Crippen molar-refractivity contribution in [2.45, 2.75) is 0 Å². The molecule has 33 heavy (non-hydrogen) atoms. The summed E-state index contributed by atoms with van der Waals surface area (Å²) in [6.07, 6.45) is 1.68. The Morgan fingerprint density at radius 2 is 1.73 bits per heavy atom. The third kappa shape index (κ3) is 6.42. The van der Waals surface area contributed by atoms with E-state index in [9.17, 15) is 10.1 Å². The Kier molecular flexibility index (Phi) is 8.20. The van der Waals surface area contributed by atoms with Gasteiger partial charge in [0.25, 0.3) is 0 Å². The van der Waals surface area contributed by atoms with Crippen molar-refractivity contribution in [3.8, 4) is 29.1 Å². The standard InChI is InChI=1S/C25H19Cl2NO5/c1-30-23-8-6-17(12-24(23)31-2)18(14-28)10-16-4-3-5-20(11-16)33-25(29)15-32-22-9-7-19(26)13-21(22)27/h3-13H,15H2,1-2H3/b18-10-. The predicted octanol–water partition coefficient (Wildman–Crippen LogP) is 6.06. The fourth-order valence-electron chi connectivity index (χ4n) is 2.91. The van der Waals surface area contributed by atoms with Crippen molar-refractivity contribution in [3.63, 3.8) is 0 Å². The van der Waals surface area contributed by atoms with E-state index in [0.29, 0.717) is 49.7 Å². The van der Waals surface area contributed by atoms with Gasteiger partial charge in [0.2, 0.25) is 0 Å². The number of carbonyl (C=O) groups excluding carboxylic acids is 1. The van der Waals surface area contributed by atoms with E-state index in [1.165, 1.54) is 13.2 Å². The highest BCUT2D eigenvalue weighted by Gasteiger charge is 2.11. The Morgan fingerprint density at radius 3 is 2.42 bits per heavy atom. The van der Waals surface area contributed by atoms with Gasteiger partial charge in [0, 0.05) is 5.02 Å². The lowest BCUT2D eigenvalue weighted by atomic mass is 10.0. The number of nitrogens with zero attached hydrogens (tertiary/aromatic N) is 1. The molecule has 0 aliphatic carbocycles. The number of hydrogen-bond donors (Lipinski definition) is 0. The molecule has 3 aromatic carbocycles. The lowest BCUT2D eigenvalue weighted by Gasteiger charge is -2.10. The van der Waals surface area contributed by atoms with Crippen molar-refractivity contribution in [3.05, 3.63) is 81.8 Å². The largest absolute Gasteiger partial charge is 0.493 e. The summed E-state index contributed by atoms with van der Waals surface area (Å²) in [5.74, 6) is 1.10. The molecule has 3 aromatic rings.